The smallest absolute Gasteiger partial charge is 0.105 e. The van der Waals surface area contributed by atoms with Crippen LogP contribution in [0.1, 0.15) is 49.9 Å². The molecule has 0 saturated carbocycles. The third-order valence-corrected chi connectivity index (χ3v) is 3.10. The molecule has 1 atom stereocenters. The predicted molar refractivity (Wildman–Crippen MR) is 71.6 cm³/mol. The maximum atomic E-state index is 5.42. The highest BCUT2D eigenvalue weighted by Gasteiger charge is 2.21. The Balaban J connectivity index is 2.42. The molecular formula is C14H21N3O. The van der Waals surface area contributed by atoms with Gasteiger partial charge in [-0.3, -0.25) is 4.68 Å². The molecule has 18 heavy (non-hydrogen) atoms. The van der Waals surface area contributed by atoms with E-state index in [1.165, 1.54) is 11.3 Å². The first-order valence-corrected chi connectivity index (χ1v) is 6.46. The highest BCUT2D eigenvalue weighted by atomic mass is 16.3. The summed E-state index contributed by atoms with van der Waals surface area (Å²) >= 11 is 0. The zero-order valence-electron chi connectivity index (χ0n) is 11.5. The molecule has 1 N–H and O–H groups in total. The van der Waals surface area contributed by atoms with Gasteiger partial charge >= 0.3 is 0 Å². The van der Waals surface area contributed by atoms with Gasteiger partial charge in [0.05, 0.1) is 18.0 Å². The molecule has 2 rings (SSSR count). The lowest BCUT2D eigenvalue weighted by Gasteiger charge is -2.20. The van der Waals surface area contributed by atoms with Gasteiger partial charge in [-0.15, -0.1) is 0 Å². The summed E-state index contributed by atoms with van der Waals surface area (Å²) in [7, 11) is 0. The minimum absolute atomic E-state index is 0.138. The second kappa shape index (κ2) is 5.40. The highest BCUT2D eigenvalue weighted by molar-refractivity contribution is 5.29. The van der Waals surface area contributed by atoms with Crippen LogP contribution >= 0.6 is 0 Å². The Bertz CT molecular complexity index is 499. The molecule has 0 fully saturated rings. The van der Waals surface area contributed by atoms with E-state index in [1.807, 2.05) is 19.2 Å². The van der Waals surface area contributed by atoms with Crippen LogP contribution in [0.15, 0.2) is 29.0 Å². The number of nitrogens with one attached hydrogen (secondary N) is 1. The summed E-state index contributed by atoms with van der Waals surface area (Å²) in [6, 6.07) is 4.59. The van der Waals surface area contributed by atoms with Crippen LogP contribution in [0.2, 0.25) is 0 Å². The van der Waals surface area contributed by atoms with Crippen molar-refractivity contribution in [2.75, 3.05) is 6.54 Å². The molecule has 0 saturated heterocycles. The molecule has 2 aromatic heterocycles. The van der Waals surface area contributed by atoms with Crippen molar-refractivity contribution in [2.24, 2.45) is 0 Å². The fourth-order valence-corrected chi connectivity index (χ4v) is 2.26. The Kier molecular flexibility index (Phi) is 3.87. The third-order valence-electron chi connectivity index (χ3n) is 3.10. The first-order valence-electron chi connectivity index (χ1n) is 6.46. The summed E-state index contributed by atoms with van der Waals surface area (Å²) in [5, 5.41) is 7.91. The molecule has 0 spiro atoms. The average molecular weight is 247 g/mol. The standard InChI is InChI=1S/C14H21N3O/c1-5-15-14(12-7-9-18-11(12)4)13-6-8-16-17(13)10(2)3/h6-10,14-15H,5H2,1-4H3. The van der Waals surface area contributed by atoms with E-state index in [1.54, 1.807) is 6.26 Å². The molecule has 0 aliphatic heterocycles. The summed E-state index contributed by atoms with van der Waals surface area (Å²) < 4.78 is 7.48. The fourth-order valence-electron chi connectivity index (χ4n) is 2.26. The fraction of sp³-hybridized carbons (Fsp3) is 0.500. The molecule has 0 bridgehead atoms. The van der Waals surface area contributed by atoms with E-state index in [0.717, 1.165) is 12.3 Å². The van der Waals surface area contributed by atoms with Crippen LogP contribution in [-0.2, 0) is 0 Å². The molecule has 1 unspecified atom stereocenters. The lowest BCUT2D eigenvalue weighted by Crippen LogP contribution is -2.25. The van der Waals surface area contributed by atoms with Gasteiger partial charge in [-0.1, -0.05) is 6.92 Å². The molecule has 0 amide bonds. The van der Waals surface area contributed by atoms with E-state index < -0.39 is 0 Å². The Labute approximate surface area is 108 Å². The van der Waals surface area contributed by atoms with E-state index in [0.29, 0.717) is 6.04 Å². The molecule has 0 radical (unpaired) electrons. The van der Waals surface area contributed by atoms with Crippen LogP contribution in [0.3, 0.4) is 0 Å². The van der Waals surface area contributed by atoms with Gasteiger partial charge in [0.2, 0.25) is 0 Å². The van der Waals surface area contributed by atoms with E-state index in [-0.39, 0.29) is 6.04 Å². The van der Waals surface area contributed by atoms with Crippen LogP contribution in [-0.4, -0.2) is 16.3 Å². The zero-order chi connectivity index (χ0) is 13.1. The normalized spacial score (nSPS) is 13.2. The van der Waals surface area contributed by atoms with E-state index in [2.05, 4.69) is 41.9 Å². The van der Waals surface area contributed by atoms with Crippen molar-refractivity contribution >= 4 is 0 Å². The molecule has 0 aliphatic carbocycles. The van der Waals surface area contributed by atoms with Gasteiger partial charge in [-0.25, -0.2) is 0 Å². The summed E-state index contributed by atoms with van der Waals surface area (Å²) in [4.78, 5) is 0. The lowest BCUT2D eigenvalue weighted by molar-refractivity contribution is 0.469. The number of aryl methyl sites for hydroxylation is 1. The molecule has 0 aromatic carbocycles. The van der Waals surface area contributed by atoms with Gasteiger partial charge in [0.1, 0.15) is 5.76 Å². The second-order valence-electron chi connectivity index (χ2n) is 4.72. The number of rotatable bonds is 5. The Morgan fingerprint density at radius 2 is 2.17 bits per heavy atom. The largest absolute Gasteiger partial charge is 0.469 e. The molecule has 2 heterocycles. The number of hydrogen-bond acceptors (Lipinski definition) is 3. The lowest BCUT2D eigenvalue weighted by atomic mass is 10.0. The second-order valence-corrected chi connectivity index (χ2v) is 4.72. The number of aromatic nitrogens is 2. The monoisotopic (exact) mass is 247 g/mol. The minimum atomic E-state index is 0.138. The first-order chi connectivity index (χ1) is 8.65. The first kappa shape index (κ1) is 12.9. The molecular weight excluding hydrogens is 226 g/mol. The Hall–Kier alpha value is -1.55. The van der Waals surface area contributed by atoms with E-state index >= 15 is 0 Å². The number of nitrogens with zero attached hydrogens (tertiary/aromatic N) is 2. The van der Waals surface area contributed by atoms with Crippen LogP contribution in [0.4, 0.5) is 0 Å². The molecule has 0 aliphatic rings. The summed E-state index contributed by atoms with van der Waals surface area (Å²) in [5.74, 6) is 0.956. The number of furan rings is 1. The topological polar surface area (TPSA) is 43.0 Å². The molecule has 98 valence electrons. The van der Waals surface area contributed by atoms with Crippen molar-refractivity contribution in [1.29, 1.82) is 0 Å². The van der Waals surface area contributed by atoms with Crippen LogP contribution in [0, 0.1) is 6.92 Å². The van der Waals surface area contributed by atoms with E-state index in [4.69, 9.17) is 4.42 Å². The van der Waals surface area contributed by atoms with Crippen molar-refractivity contribution < 1.29 is 4.42 Å². The van der Waals surface area contributed by atoms with Crippen molar-refractivity contribution in [1.82, 2.24) is 15.1 Å². The van der Waals surface area contributed by atoms with Crippen LogP contribution < -0.4 is 5.32 Å². The minimum Gasteiger partial charge on any atom is -0.469 e. The quantitative estimate of drug-likeness (QED) is 0.883. The summed E-state index contributed by atoms with van der Waals surface area (Å²) in [6.45, 7) is 9.29. The molecule has 2 aromatic rings. The third kappa shape index (κ3) is 2.34. The maximum absolute atomic E-state index is 5.42. The maximum Gasteiger partial charge on any atom is 0.105 e. The van der Waals surface area contributed by atoms with Gasteiger partial charge in [-0.2, -0.15) is 5.10 Å². The van der Waals surface area contributed by atoms with Crippen molar-refractivity contribution in [2.45, 2.75) is 39.8 Å². The molecule has 4 nitrogen and oxygen atoms in total. The zero-order valence-corrected chi connectivity index (χ0v) is 11.5. The van der Waals surface area contributed by atoms with Gasteiger partial charge in [-0.05, 0) is 39.4 Å². The Morgan fingerprint density at radius 3 is 2.72 bits per heavy atom. The van der Waals surface area contributed by atoms with Crippen molar-refractivity contribution in [3.63, 3.8) is 0 Å². The summed E-state index contributed by atoms with van der Waals surface area (Å²) in [5.41, 5.74) is 2.36. The van der Waals surface area contributed by atoms with Crippen molar-refractivity contribution in [3.05, 3.63) is 41.6 Å². The van der Waals surface area contributed by atoms with Crippen molar-refractivity contribution in [3.8, 4) is 0 Å². The number of hydrogen-bond donors (Lipinski definition) is 1. The predicted octanol–water partition coefficient (Wildman–Crippen LogP) is 3.06. The van der Waals surface area contributed by atoms with Gasteiger partial charge in [0.15, 0.2) is 0 Å². The SMILES string of the molecule is CCNC(c1ccoc1C)c1ccnn1C(C)C. The van der Waals surface area contributed by atoms with Gasteiger partial charge in [0, 0.05) is 17.8 Å². The Morgan fingerprint density at radius 1 is 1.39 bits per heavy atom. The summed E-state index contributed by atoms with van der Waals surface area (Å²) in [6.07, 6.45) is 3.60. The van der Waals surface area contributed by atoms with Gasteiger partial charge < -0.3 is 9.73 Å². The van der Waals surface area contributed by atoms with E-state index in [9.17, 15) is 0 Å². The average Bonchev–Trinajstić information content (AvgIpc) is 2.94. The highest BCUT2D eigenvalue weighted by Crippen LogP contribution is 2.26. The van der Waals surface area contributed by atoms with Crippen LogP contribution in [0.25, 0.3) is 0 Å². The van der Waals surface area contributed by atoms with Gasteiger partial charge in [0.25, 0.3) is 0 Å². The van der Waals surface area contributed by atoms with Crippen LogP contribution in [0.5, 0.6) is 0 Å². The molecule has 4 heteroatoms.